The fraction of sp³-hybridized carbons (Fsp3) is 0.588. The van der Waals surface area contributed by atoms with Crippen LogP contribution >= 0.6 is 11.6 Å². The van der Waals surface area contributed by atoms with Gasteiger partial charge in [-0.3, -0.25) is 4.79 Å². The third-order valence-electron chi connectivity index (χ3n) is 3.35. The van der Waals surface area contributed by atoms with Gasteiger partial charge in [0, 0.05) is 16.7 Å². The molecule has 1 aromatic carbocycles. The molecule has 1 aromatic rings. The summed E-state index contributed by atoms with van der Waals surface area (Å²) in [7, 11) is 1.68. The van der Waals surface area contributed by atoms with Crippen LogP contribution in [0, 0.1) is 0 Å². The molecule has 0 saturated carbocycles. The first kappa shape index (κ1) is 17.0. The molecule has 0 spiro atoms. The van der Waals surface area contributed by atoms with Gasteiger partial charge >= 0.3 is 0 Å². The zero-order chi connectivity index (χ0) is 15.7. The summed E-state index contributed by atoms with van der Waals surface area (Å²) in [6.07, 6.45) is 0. The molecule has 0 aliphatic carbocycles. The minimum atomic E-state index is -0.103. The minimum absolute atomic E-state index is 0.000501. The molecule has 0 atom stereocenters. The van der Waals surface area contributed by atoms with Crippen LogP contribution in [0.5, 0.6) is 5.75 Å². The summed E-state index contributed by atoms with van der Waals surface area (Å²) in [6.45, 7) is 12.7. The molecule has 0 fully saturated rings. The molecule has 0 saturated heterocycles. The van der Waals surface area contributed by atoms with Crippen LogP contribution in [0.1, 0.15) is 63.0 Å². The van der Waals surface area contributed by atoms with Gasteiger partial charge in [0.15, 0.2) is 5.78 Å². The second kappa shape index (κ2) is 5.77. The predicted molar refractivity (Wildman–Crippen MR) is 85.4 cm³/mol. The minimum Gasteiger partial charge on any atom is -0.496 e. The van der Waals surface area contributed by atoms with Crippen molar-refractivity contribution in [2.75, 3.05) is 13.0 Å². The summed E-state index contributed by atoms with van der Waals surface area (Å²) >= 11 is 5.71. The number of hydrogen-bond acceptors (Lipinski definition) is 2. The standard InChI is InChI=1S/C17H25ClO2/c1-16(2,3)12-8-11(14(19)10-18)9-13(15(12)20-7)17(4,5)6/h8-9H,10H2,1-7H3. The lowest BCUT2D eigenvalue weighted by molar-refractivity contribution is 0.102. The number of carbonyl (C=O) groups excluding carboxylic acids is 1. The molecule has 112 valence electrons. The number of carbonyl (C=O) groups is 1. The zero-order valence-electron chi connectivity index (χ0n) is 13.6. The zero-order valence-corrected chi connectivity index (χ0v) is 14.3. The van der Waals surface area contributed by atoms with Crippen LogP contribution in [-0.4, -0.2) is 18.8 Å². The van der Waals surface area contributed by atoms with Crippen LogP contribution in [0.2, 0.25) is 0 Å². The summed E-state index contributed by atoms with van der Waals surface area (Å²) in [5, 5.41) is 0. The van der Waals surface area contributed by atoms with Gasteiger partial charge < -0.3 is 4.74 Å². The molecule has 1 rings (SSSR count). The Morgan fingerprint density at radius 3 is 1.70 bits per heavy atom. The maximum absolute atomic E-state index is 12.0. The summed E-state index contributed by atoms with van der Waals surface area (Å²) in [5.74, 6) is 0.820. The SMILES string of the molecule is COc1c(C(C)(C)C)cc(C(=O)CCl)cc1C(C)(C)C. The van der Waals surface area contributed by atoms with E-state index in [1.54, 1.807) is 7.11 Å². The van der Waals surface area contributed by atoms with Crippen molar-refractivity contribution in [3.05, 3.63) is 28.8 Å². The number of ether oxygens (including phenoxy) is 1. The topological polar surface area (TPSA) is 26.3 Å². The van der Waals surface area contributed by atoms with Crippen molar-refractivity contribution in [2.24, 2.45) is 0 Å². The highest BCUT2D eigenvalue weighted by atomic mass is 35.5. The van der Waals surface area contributed by atoms with Crippen LogP contribution in [0.25, 0.3) is 0 Å². The lowest BCUT2D eigenvalue weighted by Gasteiger charge is -2.29. The molecule has 0 bridgehead atoms. The Bertz CT molecular complexity index is 470. The fourth-order valence-corrected chi connectivity index (χ4v) is 2.36. The number of Topliss-reactive ketones (excluding diaryl/α,β-unsaturated/α-hetero) is 1. The van der Waals surface area contributed by atoms with E-state index in [9.17, 15) is 4.79 Å². The van der Waals surface area contributed by atoms with E-state index in [4.69, 9.17) is 16.3 Å². The summed E-state index contributed by atoms with van der Waals surface area (Å²) in [4.78, 5) is 12.0. The van der Waals surface area contributed by atoms with Gasteiger partial charge in [0.05, 0.1) is 13.0 Å². The molecule has 3 heteroatoms. The number of hydrogen-bond donors (Lipinski definition) is 0. The predicted octanol–water partition coefficient (Wildman–Crippen LogP) is 4.71. The lowest BCUT2D eigenvalue weighted by atomic mass is 9.78. The van der Waals surface area contributed by atoms with Gasteiger partial charge in [0.1, 0.15) is 5.75 Å². The highest BCUT2D eigenvalue weighted by Crippen LogP contribution is 2.40. The first-order chi connectivity index (χ1) is 9.02. The van der Waals surface area contributed by atoms with E-state index < -0.39 is 0 Å². The van der Waals surface area contributed by atoms with Gasteiger partial charge in [0.2, 0.25) is 0 Å². The van der Waals surface area contributed by atoms with Crippen LogP contribution in [0.3, 0.4) is 0 Å². The molecule has 0 amide bonds. The van der Waals surface area contributed by atoms with Crippen LogP contribution < -0.4 is 4.74 Å². The van der Waals surface area contributed by atoms with Gasteiger partial charge in [-0.2, -0.15) is 0 Å². The number of methoxy groups -OCH3 is 1. The largest absolute Gasteiger partial charge is 0.496 e. The molecule has 0 aliphatic heterocycles. The number of alkyl halides is 1. The molecule has 0 aromatic heterocycles. The molecule has 2 nitrogen and oxygen atoms in total. The Balaban J connectivity index is 3.70. The summed E-state index contributed by atoms with van der Waals surface area (Å²) in [5.41, 5.74) is 2.54. The molecule has 0 aliphatic rings. The molecule has 20 heavy (non-hydrogen) atoms. The van der Waals surface area contributed by atoms with Gasteiger partial charge in [-0.15, -0.1) is 11.6 Å². The van der Waals surface area contributed by atoms with Gasteiger partial charge in [-0.1, -0.05) is 41.5 Å². The Labute approximate surface area is 127 Å². The van der Waals surface area contributed by atoms with Crippen molar-refractivity contribution in [3.63, 3.8) is 0 Å². The van der Waals surface area contributed by atoms with E-state index in [2.05, 4.69) is 41.5 Å². The van der Waals surface area contributed by atoms with Crippen LogP contribution in [-0.2, 0) is 10.8 Å². The van der Waals surface area contributed by atoms with E-state index in [0.717, 1.165) is 16.9 Å². The monoisotopic (exact) mass is 296 g/mol. The van der Waals surface area contributed by atoms with Crippen molar-refractivity contribution in [1.29, 1.82) is 0 Å². The van der Waals surface area contributed by atoms with E-state index in [-0.39, 0.29) is 22.5 Å². The molecular formula is C17H25ClO2. The lowest BCUT2D eigenvalue weighted by Crippen LogP contribution is -2.20. The maximum Gasteiger partial charge on any atom is 0.177 e. The number of rotatable bonds is 3. The average molecular weight is 297 g/mol. The fourth-order valence-electron chi connectivity index (χ4n) is 2.20. The van der Waals surface area contributed by atoms with Crippen molar-refractivity contribution in [1.82, 2.24) is 0 Å². The van der Waals surface area contributed by atoms with Gasteiger partial charge in [-0.05, 0) is 23.0 Å². The molecule has 0 radical (unpaired) electrons. The highest BCUT2D eigenvalue weighted by Gasteiger charge is 2.28. The number of ketones is 1. The van der Waals surface area contributed by atoms with Crippen molar-refractivity contribution in [2.45, 2.75) is 52.4 Å². The Morgan fingerprint density at radius 2 is 1.45 bits per heavy atom. The quantitative estimate of drug-likeness (QED) is 0.596. The number of benzene rings is 1. The Morgan fingerprint density at radius 1 is 1.05 bits per heavy atom. The maximum atomic E-state index is 12.0. The molecule has 0 N–H and O–H groups in total. The van der Waals surface area contributed by atoms with Crippen molar-refractivity contribution >= 4 is 17.4 Å². The molecule has 0 unspecified atom stereocenters. The highest BCUT2D eigenvalue weighted by molar-refractivity contribution is 6.30. The smallest absolute Gasteiger partial charge is 0.177 e. The van der Waals surface area contributed by atoms with Crippen molar-refractivity contribution < 1.29 is 9.53 Å². The Kier molecular flexibility index (Phi) is 4.91. The summed E-state index contributed by atoms with van der Waals surface area (Å²) < 4.78 is 5.65. The first-order valence-corrected chi connectivity index (χ1v) is 7.38. The first-order valence-electron chi connectivity index (χ1n) is 6.84. The summed E-state index contributed by atoms with van der Waals surface area (Å²) in [6, 6.07) is 3.83. The number of halogens is 1. The van der Waals surface area contributed by atoms with Crippen LogP contribution in [0.4, 0.5) is 0 Å². The molecular weight excluding hydrogens is 272 g/mol. The van der Waals surface area contributed by atoms with E-state index in [0.29, 0.717) is 5.56 Å². The Hall–Kier alpha value is -1.02. The van der Waals surface area contributed by atoms with Crippen LogP contribution in [0.15, 0.2) is 12.1 Å². The third kappa shape index (κ3) is 3.54. The van der Waals surface area contributed by atoms with Gasteiger partial charge in [0.25, 0.3) is 0 Å². The second-order valence-electron chi connectivity index (χ2n) is 7.16. The molecule has 0 heterocycles. The average Bonchev–Trinajstić information content (AvgIpc) is 2.33. The van der Waals surface area contributed by atoms with E-state index >= 15 is 0 Å². The normalized spacial score (nSPS) is 12.4. The van der Waals surface area contributed by atoms with E-state index in [1.807, 2.05) is 12.1 Å². The third-order valence-corrected chi connectivity index (χ3v) is 3.60. The van der Waals surface area contributed by atoms with Gasteiger partial charge in [-0.25, -0.2) is 0 Å². The van der Waals surface area contributed by atoms with Crippen molar-refractivity contribution in [3.8, 4) is 5.75 Å². The van der Waals surface area contributed by atoms with E-state index in [1.165, 1.54) is 0 Å². The second-order valence-corrected chi connectivity index (χ2v) is 7.43.